The first-order valence-electron chi connectivity index (χ1n) is 7.58. The van der Waals surface area contributed by atoms with Gasteiger partial charge in [-0.05, 0) is 30.5 Å². The van der Waals surface area contributed by atoms with Crippen molar-refractivity contribution in [3.05, 3.63) is 48.0 Å². The standard InChI is InChI=1S/C17H21N3O2/c1-20-11-15(18-12-20)16(21)19-17(9-3-4-10-17)13-5-7-14(22-2)8-6-13/h5-8,11-12H,3-4,9-10H2,1-2H3,(H,19,21). The highest BCUT2D eigenvalue weighted by molar-refractivity contribution is 5.92. The van der Waals surface area contributed by atoms with Crippen molar-refractivity contribution in [1.82, 2.24) is 14.9 Å². The molecular formula is C17H21N3O2. The van der Waals surface area contributed by atoms with Crippen molar-refractivity contribution in [3.63, 3.8) is 0 Å². The lowest BCUT2D eigenvalue weighted by atomic mass is 9.88. The number of carbonyl (C=O) groups is 1. The van der Waals surface area contributed by atoms with E-state index < -0.39 is 0 Å². The number of amides is 1. The molecule has 1 aliphatic rings. The van der Waals surface area contributed by atoms with E-state index in [0.717, 1.165) is 37.0 Å². The monoisotopic (exact) mass is 299 g/mol. The van der Waals surface area contributed by atoms with Crippen molar-refractivity contribution in [3.8, 4) is 5.75 Å². The smallest absolute Gasteiger partial charge is 0.272 e. The average Bonchev–Trinajstić information content (AvgIpc) is 3.17. The molecule has 1 saturated carbocycles. The number of aromatic nitrogens is 2. The number of nitrogens with zero attached hydrogens (tertiary/aromatic N) is 2. The summed E-state index contributed by atoms with van der Waals surface area (Å²) in [7, 11) is 3.52. The molecule has 5 nitrogen and oxygen atoms in total. The van der Waals surface area contributed by atoms with Gasteiger partial charge < -0.3 is 14.6 Å². The van der Waals surface area contributed by atoms with E-state index >= 15 is 0 Å². The van der Waals surface area contributed by atoms with Crippen LogP contribution in [0.15, 0.2) is 36.8 Å². The second-order valence-electron chi connectivity index (χ2n) is 5.90. The van der Waals surface area contributed by atoms with Crippen molar-refractivity contribution < 1.29 is 9.53 Å². The molecule has 0 unspecified atom stereocenters. The second kappa shape index (κ2) is 5.83. The number of methoxy groups -OCH3 is 1. The van der Waals surface area contributed by atoms with Gasteiger partial charge in [0, 0.05) is 13.2 Å². The Balaban J connectivity index is 1.86. The molecule has 1 aromatic carbocycles. The number of aryl methyl sites for hydroxylation is 1. The lowest BCUT2D eigenvalue weighted by Crippen LogP contribution is -2.43. The van der Waals surface area contributed by atoms with Crippen molar-refractivity contribution in [2.75, 3.05) is 7.11 Å². The maximum atomic E-state index is 12.5. The highest BCUT2D eigenvalue weighted by Gasteiger charge is 2.37. The molecule has 3 rings (SSSR count). The highest BCUT2D eigenvalue weighted by atomic mass is 16.5. The largest absolute Gasteiger partial charge is 0.497 e. The normalized spacial score (nSPS) is 16.5. The Morgan fingerprint density at radius 2 is 1.95 bits per heavy atom. The molecule has 22 heavy (non-hydrogen) atoms. The number of ether oxygens (including phenoxy) is 1. The van der Waals surface area contributed by atoms with Gasteiger partial charge in [0.25, 0.3) is 5.91 Å². The first-order chi connectivity index (χ1) is 10.6. The Morgan fingerprint density at radius 1 is 1.27 bits per heavy atom. The maximum Gasteiger partial charge on any atom is 0.272 e. The van der Waals surface area contributed by atoms with Gasteiger partial charge in [-0.3, -0.25) is 4.79 Å². The third-order valence-electron chi connectivity index (χ3n) is 4.39. The van der Waals surface area contributed by atoms with Crippen molar-refractivity contribution >= 4 is 5.91 Å². The SMILES string of the molecule is COc1ccc(C2(NC(=O)c3cn(C)cn3)CCCC2)cc1. The quantitative estimate of drug-likeness (QED) is 0.944. The van der Waals surface area contributed by atoms with E-state index in [0.29, 0.717) is 5.69 Å². The zero-order chi connectivity index (χ0) is 15.6. The third kappa shape index (κ3) is 2.71. The summed E-state index contributed by atoms with van der Waals surface area (Å²) in [4.78, 5) is 16.6. The van der Waals surface area contributed by atoms with Crippen molar-refractivity contribution in [2.24, 2.45) is 7.05 Å². The van der Waals surface area contributed by atoms with E-state index in [2.05, 4.69) is 10.3 Å². The van der Waals surface area contributed by atoms with Crippen LogP contribution >= 0.6 is 0 Å². The number of benzene rings is 1. The molecule has 1 fully saturated rings. The molecule has 1 N–H and O–H groups in total. The first kappa shape index (κ1) is 14.6. The molecule has 116 valence electrons. The molecule has 1 aliphatic carbocycles. The fraction of sp³-hybridized carbons (Fsp3) is 0.412. The van der Waals surface area contributed by atoms with E-state index in [4.69, 9.17) is 4.74 Å². The van der Waals surface area contributed by atoms with Gasteiger partial charge in [-0.15, -0.1) is 0 Å². The summed E-state index contributed by atoms with van der Waals surface area (Å²) in [5, 5.41) is 3.22. The molecule has 0 bridgehead atoms. The minimum absolute atomic E-state index is 0.113. The van der Waals surface area contributed by atoms with Crippen LogP contribution in [-0.4, -0.2) is 22.6 Å². The van der Waals surface area contributed by atoms with Crippen molar-refractivity contribution in [2.45, 2.75) is 31.2 Å². The molecule has 2 aromatic rings. The number of rotatable bonds is 4. The van der Waals surface area contributed by atoms with E-state index in [1.807, 2.05) is 31.3 Å². The van der Waals surface area contributed by atoms with Gasteiger partial charge in [0.1, 0.15) is 11.4 Å². The van der Waals surface area contributed by atoms with E-state index in [1.165, 1.54) is 0 Å². The fourth-order valence-electron chi connectivity index (χ4n) is 3.19. The van der Waals surface area contributed by atoms with Crippen LogP contribution in [0.2, 0.25) is 0 Å². The lowest BCUT2D eigenvalue weighted by Gasteiger charge is -2.31. The average molecular weight is 299 g/mol. The summed E-state index contributed by atoms with van der Waals surface area (Å²) in [5.41, 5.74) is 1.30. The molecule has 1 heterocycles. The van der Waals surface area contributed by atoms with Gasteiger partial charge in [0.05, 0.1) is 19.0 Å². The fourth-order valence-corrected chi connectivity index (χ4v) is 3.19. The highest BCUT2D eigenvalue weighted by Crippen LogP contribution is 2.39. The van der Waals surface area contributed by atoms with Gasteiger partial charge in [0.2, 0.25) is 0 Å². The van der Waals surface area contributed by atoms with E-state index in [9.17, 15) is 4.79 Å². The van der Waals surface area contributed by atoms with Gasteiger partial charge >= 0.3 is 0 Å². The van der Waals surface area contributed by atoms with Gasteiger partial charge in [-0.1, -0.05) is 25.0 Å². The predicted molar refractivity (Wildman–Crippen MR) is 83.8 cm³/mol. The van der Waals surface area contributed by atoms with E-state index in [1.54, 1.807) is 24.2 Å². The Morgan fingerprint density at radius 3 is 2.50 bits per heavy atom. The number of nitrogens with one attached hydrogen (secondary N) is 1. The summed E-state index contributed by atoms with van der Waals surface area (Å²) < 4.78 is 7.00. The topological polar surface area (TPSA) is 56.1 Å². The Hall–Kier alpha value is -2.30. The molecule has 5 heteroatoms. The summed E-state index contributed by atoms with van der Waals surface area (Å²) in [6.07, 6.45) is 7.54. The summed E-state index contributed by atoms with van der Waals surface area (Å²) in [6, 6.07) is 7.98. The molecule has 1 amide bonds. The molecule has 0 spiro atoms. The second-order valence-corrected chi connectivity index (χ2v) is 5.90. The van der Waals surface area contributed by atoms with Crippen LogP contribution in [0.25, 0.3) is 0 Å². The molecule has 0 atom stereocenters. The summed E-state index contributed by atoms with van der Waals surface area (Å²) in [5.74, 6) is 0.714. The molecule has 0 aliphatic heterocycles. The number of imidazole rings is 1. The molecule has 1 aromatic heterocycles. The number of hydrogen-bond donors (Lipinski definition) is 1. The zero-order valence-corrected chi connectivity index (χ0v) is 13.0. The number of carbonyl (C=O) groups excluding carboxylic acids is 1. The number of hydrogen-bond acceptors (Lipinski definition) is 3. The van der Waals surface area contributed by atoms with Crippen molar-refractivity contribution in [1.29, 1.82) is 0 Å². The van der Waals surface area contributed by atoms with Crippen LogP contribution in [0, 0.1) is 0 Å². The van der Waals surface area contributed by atoms with Crippen LogP contribution in [-0.2, 0) is 12.6 Å². The Labute approximate surface area is 130 Å². The maximum absolute atomic E-state index is 12.5. The molecular weight excluding hydrogens is 278 g/mol. The third-order valence-corrected chi connectivity index (χ3v) is 4.39. The van der Waals surface area contributed by atoms with Gasteiger partial charge in [-0.2, -0.15) is 0 Å². The minimum atomic E-state index is -0.291. The van der Waals surface area contributed by atoms with Gasteiger partial charge in [-0.25, -0.2) is 4.98 Å². The predicted octanol–water partition coefficient (Wildman–Crippen LogP) is 2.63. The Bertz CT molecular complexity index is 655. The minimum Gasteiger partial charge on any atom is -0.497 e. The van der Waals surface area contributed by atoms with Crippen LogP contribution in [0.5, 0.6) is 5.75 Å². The van der Waals surface area contributed by atoms with Gasteiger partial charge in [0.15, 0.2) is 0 Å². The van der Waals surface area contributed by atoms with Crippen LogP contribution in [0.1, 0.15) is 41.7 Å². The zero-order valence-electron chi connectivity index (χ0n) is 13.0. The first-order valence-corrected chi connectivity index (χ1v) is 7.58. The summed E-state index contributed by atoms with van der Waals surface area (Å²) >= 11 is 0. The van der Waals surface area contributed by atoms with Crippen LogP contribution in [0.4, 0.5) is 0 Å². The lowest BCUT2D eigenvalue weighted by molar-refractivity contribution is 0.0893. The Kier molecular flexibility index (Phi) is 3.88. The summed E-state index contributed by atoms with van der Waals surface area (Å²) in [6.45, 7) is 0. The van der Waals surface area contributed by atoms with Crippen LogP contribution in [0.3, 0.4) is 0 Å². The van der Waals surface area contributed by atoms with Crippen LogP contribution < -0.4 is 10.1 Å². The van der Waals surface area contributed by atoms with E-state index in [-0.39, 0.29) is 11.4 Å². The molecule has 0 radical (unpaired) electrons. The molecule has 0 saturated heterocycles.